The Morgan fingerprint density at radius 3 is 1.31 bits per heavy atom. The molecule has 2 aliphatic heterocycles. The van der Waals surface area contributed by atoms with Crippen molar-refractivity contribution >= 4 is 70.9 Å². The van der Waals surface area contributed by atoms with Crippen LogP contribution in [-0.2, 0) is 47.6 Å². The Bertz CT molecular complexity index is 3520. The monoisotopic (exact) mass is 1460 g/mol. The molecule has 0 saturated carbocycles. The molecule has 0 aromatic heterocycles. The van der Waals surface area contributed by atoms with Gasteiger partial charge in [-0.25, -0.2) is 9.59 Å². The molecule has 12 atom stereocenters. The fourth-order valence-corrected chi connectivity index (χ4v) is 12.8. The molecule has 0 aliphatic carbocycles. The maximum atomic E-state index is 13.5. The average molecular weight is 1470 g/mol. The van der Waals surface area contributed by atoms with E-state index in [1.807, 2.05) is 60.7 Å². The number of hydrogen-bond acceptors (Lipinski definition) is 24. The zero-order chi connectivity index (χ0) is 73.1. The number of rotatable bonds is 38. The number of carbonyl (C=O) groups excluding carboxylic acids is 8. The number of methoxy groups -OCH3 is 2. The van der Waals surface area contributed by atoms with Gasteiger partial charge in [0.15, 0.2) is 0 Å². The van der Waals surface area contributed by atoms with E-state index in [9.17, 15) is 69.0 Å². The number of esters is 2. The number of nitrogens with two attached hydrogens (primary N) is 1. The third kappa shape index (κ3) is 24.0. The number of carbonyl (C=O) groups is 8. The summed E-state index contributed by atoms with van der Waals surface area (Å²) in [7, 11) is 2.15. The molecule has 31 heteroatoms. The first-order chi connectivity index (χ1) is 48.5. The first kappa shape index (κ1) is 83.9. The van der Waals surface area contributed by atoms with Crippen LogP contribution in [0.1, 0.15) is 87.4 Å². The number of aliphatic hydroxyl groups excluding tert-OH is 6. The maximum absolute atomic E-state index is 13.5. The van der Waals surface area contributed by atoms with Crippen molar-refractivity contribution < 1.29 is 132 Å². The van der Waals surface area contributed by atoms with Gasteiger partial charge < -0.3 is 101 Å². The summed E-state index contributed by atoms with van der Waals surface area (Å²) in [6.45, 7) is 2.07. The molecule has 2 aliphatic rings. The molecular formula is C71H91N7NaO21S2+. The number of nitrogens with one attached hydrogen (secondary N) is 6. The number of amides is 6. The van der Waals surface area contributed by atoms with Crippen LogP contribution in [0.5, 0.6) is 5.75 Å². The van der Waals surface area contributed by atoms with E-state index < -0.39 is 146 Å². The van der Waals surface area contributed by atoms with Gasteiger partial charge >= 0.3 is 41.5 Å². The van der Waals surface area contributed by atoms with Gasteiger partial charge in [0, 0.05) is 81.1 Å². The smallest absolute Gasteiger partial charge is 0.493 e. The van der Waals surface area contributed by atoms with Crippen molar-refractivity contribution in [3.63, 3.8) is 0 Å². The summed E-state index contributed by atoms with van der Waals surface area (Å²) < 4.78 is 40.1. The van der Waals surface area contributed by atoms with Crippen molar-refractivity contribution in [3.8, 4) is 28.0 Å². The molecule has 6 amide bonds. The van der Waals surface area contributed by atoms with E-state index in [-0.39, 0.29) is 90.5 Å². The summed E-state index contributed by atoms with van der Waals surface area (Å²) in [6.07, 6.45) is -13.5. The molecule has 2 fully saturated rings. The normalized spacial score (nSPS) is 21.2. The van der Waals surface area contributed by atoms with Crippen LogP contribution >= 0.6 is 23.5 Å². The van der Waals surface area contributed by atoms with Crippen LogP contribution in [-0.4, -0.2) is 240 Å². The van der Waals surface area contributed by atoms with Crippen LogP contribution in [0.3, 0.4) is 0 Å². The Kier molecular flexibility index (Phi) is 34.5. The van der Waals surface area contributed by atoms with E-state index >= 15 is 0 Å². The molecule has 2 heterocycles. The molecule has 5 aromatic rings. The Morgan fingerprint density at radius 2 is 0.912 bits per heavy atom. The Labute approximate surface area is 622 Å². The van der Waals surface area contributed by atoms with E-state index in [1.165, 1.54) is 55.6 Å². The maximum Gasteiger partial charge on any atom is 1.00 e. The predicted octanol–water partition coefficient (Wildman–Crippen LogP) is -1.16. The molecule has 7 rings (SSSR count). The summed E-state index contributed by atoms with van der Waals surface area (Å²) in [4.78, 5) is 104. The largest absolute Gasteiger partial charge is 1.00 e. The minimum absolute atomic E-state index is 0. The Balaban J connectivity index is 0.0000164. The van der Waals surface area contributed by atoms with E-state index in [4.69, 9.17) is 38.9 Å². The average Bonchev–Trinajstić information content (AvgIpc) is 0.771. The van der Waals surface area contributed by atoms with Gasteiger partial charge in [-0.1, -0.05) is 84.9 Å². The molecule has 0 spiro atoms. The van der Waals surface area contributed by atoms with Crippen LogP contribution in [0, 0.1) is 0 Å². The summed E-state index contributed by atoms with van der Waals surface area (Å²) >= 11 is 2.88. The zero-order valence-corrected chi connectivity index (χ0v) is 61.3. The molecule has 2 unspecified atom stereocenters. The summed E-state index contributed by atoms with van der Waals surface area (Å²) in [6, 6.07) is 34.4. The van der Waals surface area contributed by atoms with Crippen LogP contribution < -0.4 is 71.9 Å². The van der Waals surface area contributed by atoms with Crippen LogP contribution in [0.4, 0.5) is 0 Å². The SMILES string of the molecule is COC(=O)[C@@]1(OCCCSCCNC(=O)c2ccc(C(=O)NCCSCCCO[C@]3(C(=O)OC)C[C@H](O)[C@@H](NC(C)=O)[C@H](C(O)[C@H](O)CNC(=O)c4ccc(-c5ccccc5)cc4)O3)c(OCCCN)c2)C[C@H](O)[C@@H](NC(C)=O)[C@H](C(O)[C@H](O)CNC(=O)c2ccc(-c3ccccc3)cc2)O1.[Na+]. The van der Waals surface area contributed by atoms with E-state index in [2.05, 4.69) is 31.9 Å². The van der Waals surface area contributed by atoms with Crippen molar-refractivity contribution in [2.75, 3.05) is 89.8 Å². The summed E-state index contributed by atoms with van der Waals surface area (Å²) in [5, 5.41) is 83.9. The molecule has 0 radical (unpaired) electrons. The molecule has 2 saturated heterocycles. The third-order valence-corrected chi connectivity index (χ3v) is 18.6. The van der Waals surface area contributed by atoms with Crippen LogP contribution in [0.2, 0.25) is 0 Å². The minimum atomic E-state index is -2.28. The van der Waals surface area contributed by atoms with Crippen LogP contribution in [0.15, 0.2) is 127 Å². The minimum Gasteiger partial charge on any atom is -0.493 e. The van der Waals surface area contributed by atoms with Gasteiger partial charge in [0.05, 0.1) is 76.1 Å². The summed E-state index contributed by atoms with van der Waals surface area (Å²) in [5.74, 6) is -7.93. The van der Waals surface area contributed by atoms with Crippen molar-refractivity contribution in [2.24, 2.45) is 5.73 Å². The van der Waals surface area contributed by atoms with Crippen molar-refractivity contribution in [1.29, 1.82) is 0 Å². The van der Waals surface area contributed by atoms with Gasteiger partial charge in [-0.05, 0) is 102 Å². The fraction of sp³-hybridized carbons (Fsp3) is 0.465. The van der Waals surface area contributed by atoms with Crippen molar-refractivity contribution in [2.45, 2.75) is 118 Å². The van der Waals surface area contributed by atoms with Gasteiger partial charge in [-0.3, -0.25) is 28.8 Å². The molecular weight excluding hydrogens is 1370 g/mol. The second-order valence-corrected chi connectivity index (χ2v) is 26.4. The topological polar surface area (TPSA) is 421 Å². The number of benzene rings is 5. The Hall–Kier alpha value is -7.08. The number of hydrogen-bond donors (Lipinski definition) is 13. The molecule has 28 nitrogen and oxygen atoms in total. The third-order valence-electron chi connectivity index (χ3n) is 16.5. The van der Waals surface area contributed by atoms with E-state index in [1.54, 1.807) is 48.5 Å². The second-order valence-electron chi connectivity index (χ2n) is 23.9. The quantitative estimate of drug-likeness (QED) is 0.0126. The van der Waals surface area contributed by atoms with Crippen LogP contribution in [0.25, 0.3) is 22.3 Å². The zero-order valence-electron chi connectivity index (χ0n) is 57.6. The van der Waals surface area contributed by atoms with Crippen molar-refractivity contribution in [3.05, 3.63) is 150 Å². The van der Waals surface area contributed by atoms with Gasteiger partial charge in [0.25, 0.3) is 35.2 Å². The number of aliphatic hydroxyl groups is 6. The molecule has 5 aromatic carbocycles. The fourth-order valence-electron chi connectivity index (χ4n) is 11.3. The first-order valence-electron chi connectivity index (χ1n) is 33.0. The number of thioether (sulfide) groups is 2. The molecule has 14 N–H and O–H groups in total. The second kappa shape index (κ2) is 42.0. The van der Waals surface area contributed by atoms with Gasteiger partial charge in [0.1, 0.15) is 30.2 Å². The van der Waals surface area contributed by atoms with E-state index in [0.717, 1.165) is 36.5 Å². The molecule has 0 bridgehead atoms. The number of ether oxygens (including phenoxy) is 7. The van der Waals surface area contributed by atoms with Gasteiger partial charge in [-0.2, -0.15) is 23.5 Å². The van der Waals surface area contributed by atoms with Gasteiger partial charge in [-0.15, -0.1) is 0 Å². The van der Waals surface area contributed by atoms with Gasteiger partial charge in [0.2, 0.25) is 11.8 Å². The first-order valence-corrected chi connectivity index (χ1v) is 35.3. The molecule has 102 heavy (non-hydrogen) atoms. The van der Waals surface area contributed by atoms with E-state index in [0.29, 0.717) is 48.8 Å². The predicted molar refractivity (Wildman–Crippen MR) is 374 cm³/mol. The Morgan fingerprint density at radius 1 is 0.520 bits per heavy atom. The summed E-state index contributed by atoms with van der Waals surface area (Å²) in [5.41, 5.74) is 10.3. The molecule has 548 valence electrons. The van der Waals surface area contributed by atoms with Crippen molar-refractivity contribution in [1.82, 2.24) is 31.9 Å². The standard InChI is InChI=1S/C71H91N7O21S2.Na/c1-43(79)77-58-53(81)39-70(68(91)93-3,98-62(58)60(85)55(83)41-75-64(87)49-22-18-47(19-23-49)45-14-7-5-8-15-45)96-32-12-34-100-36-29-73-66(89)51-26-27-52(57(38-51)95-31-11-28-72)67(90)74-30-37-101-35-13-33-97-71(69(92)94-4)40-54(82)59(78-44(2)80)63(99-71)61(86)56(84)42-76-65(88)50-24-20-48(21-25-50)46-16-9-6-10-17-46;/h5-10,14-27,38,53-56,58-63,81-86H,11-13,28-37,39-42,72H2,1-4H3,(H,73,89)(H,74,90)(H,75,87)(H,76,88)(H,77,79)(H,78,80);/q;+1/t53-,54-,55+,56+,58+,59+,60?,61?,62+,63+,70+,71+;/m0./s1.